The van der Waals surface area contributed by atoms with E-state index in [1.165, 1.54) is 6.07 Å². The van der Waals surface area contributed by atoms with Crippen molar-refractivity contribution in [3.05, 3.63) is 76.9 Å². The summed E-state index contributed by atoms with van der Waals surface area (Å²) in [5.74, 6) is 0.379. The third kappa shape index (κ3) is 5.89. The number of H-pyrrole nitrogens is 1. The summed E-state index contributed by atoms with van der Waals surface area (Å²) >= 11 is 0. The first kappa shape index (κ1) is 26.1. The molecule has 4 aromatic rings. The van der Waals surface area contributed by atoms with E-state index in [4.69, 9.17) is 15.2 Å². The van der Waals surface area contributed by atoms with Gasteiger partial charge in [-0.2, -0.15) is 0 Å². The molecule has 0 spiro atoms. The minimum absolute atomic E-state index is 0.0378. The lowest BCUT2D eigenvalue weighted by Gasteiger charge is -2.18. The summed E-state index contributed by atoms with van der Waals surface area (Å²) in [4.78, 5) is 33.1. The number of aryl methyl sites for hydroxylation is 1. The Kier molecular flexibility index (Phi) is 8.35. The molecule has 0 saturated carbocycles. The van der Waals surface area contributed by atoms with Crippen molar-refractivity contribution in [3.8, 4) is 22.6 Å². The predicted molar refractivity (Wildman–Crippen MR) is 140 cm³/mol. The van der Waals surface area contributed by atoms with E-state index in [9.17, 15) is 9.59 Å². The molecule has 3 N–H and O–H groups in total. The number of benzene rings is 2. The zero-order valence-corrected chi connectivity index (χ0v) is 21.0. The number of aromatic amines is 1. The monoisotopic (exact) mass is 506 g/mol. The quantitative estimate of drug-likeness (QED) is 0.297. The van der Waals surface area contributed by atoms with Crippen LogP contribution in [0.3, 0.4) is 0 Å². The third-order valence-electron chi connectivity index (χ3n) is 6.23. The molecule has 0 saturated heterocycles. The number of pyridine rings is 1. The average molecular weight is 507 g/mol. The van der Waals surface area contributed by atoms with Crippen LogP contribution < -0.4 is 20.6 Å². The number of rotatable bonds is 12. The van der Waals surface area contributed by atoms with E-state index in [-0.39, 0.29) is 17.6 Å². The number of carbonyl (C=O) groups excluding carboxylic acids is 1. The van der Waals surface area contributed by atoms with E-state index in [1.807, 2.05) is 6.92 Å². The first-order valence-electron chi connectivity index (χ1n) is 12.3. The number of Topliss-reactive ketones (excluding diaryl/α,β-unsaturated/α-hetero) is 1. The first-order valence-corrected chi connectivity index (χ1v) is 12.3. The summed E-state index contributed by atoms with van der Waals surface area (Å²) < 4.78 is 28.0. The topological polar surface area (TPSA) is 112 Å². The summed E-state index contributed by atoms with van der Waals surface area (Å²) in [7, 11) is 1.56. The summed E-state index contributed by atoms with van der Waals surface area (Å²) in [6, 6.07) is 9.18. The fourth-order valence-corrected chi connectivity index (χ4v) is 4.30. The molecule has 2 heterocycles. The van der Waals surface area contributed by atoms with Crippen LogP contribution in [-0.2, 0) is 17.8 Å². The summed E-state index contributed by atoms with van der Waals surface area (Å²) in [6.45, 7) is 2.77. The lowest BCUT2D eigenvalue weighted by molar-refractivity contribution is -0.120. The van der Waals surface area contributed by atoms with Gasteiger partial charge in [0, 0.05) is 43.0 Å². The molecular formula is C28H31FN4O4. The molecular weight excluding hydrogens is 475 g/mol. The number of hydrogen-bond acceptors (Lipinski definition) is 6. The molecule has 0 aliphatic rings. The number of aromatic nitrogens is 3. The van der Waals surface area contributed by atoms with E-state index >= 15 is 4.39 Å². The standard InChI is InChI=1S/C28H31FN4O4/c1-3-13-37-25-11-10-22(29)26-27(25)33(12-4-5-24(34)23(30)14-19-15-31-17-32-19)16-21(28(26)35)18-6-8-20(36-2)9-7-18/h6-11,15-17,23H,3-5,12-14,30H2,1-2H3,(H,31,32)/t23-/m0/s1. The molecule has 0 amide bonds. The van der Waals surface area contributed by atoms with Gasteiger partial charge >= 0.3 is 0 Å². The minimum Gasteiger partial charge on any atom is -0.497 e. The molecule has 1 atom stereocenters. The van der Waals surface area contributed by atoms with Crippen LogP contribution in [0.1, 0.15) is 31.9 Å². The molecule has 37 heavy (non-hydrogen) atoms. The van der Waals surface area contributed by atoms with Crippen LogP contribution in [0.5, 0.6) is 11.5 Å². The number of ether oxygens (including phenoxy) is 2. The summed E-state index contributed by atoms with van der Waals surface area (Å²) in [5, 5.41) is -0.0378. The van der Waals surface area contributed by atoms with E-state index in [2.05, 4.69) is 9.97 Å². The normalized spacial score (nSPS) is 12.0. The highest BCUT2D eigenvalue weighted by molar-refractivity contribution is 5.89. The molecule has 0 fully saturated rings. The van der Waals surface area contributed by atoms with Crippen molar-refractivity contribution in [1.29, 1.82) is 0 Å². The van der Waals surface area contributed by atoms with Crippen molar-refractivity contribution in [1.82, 2.24) is 14.5 Å². The smallest absolute Gasteiger partial charge is 0.200 e. The number of nitrogens with zero attached hydrogens (tertiary/aromatic N) is 2. The molecule has 4 rings (SSSR count). The molecule has 0 radical (unpaired) electrons. The fourth-order valence-electron chi connectivity index (χ4n) is 4.30. The van der Waals surface area contributed by atoms with Crippen molar-refractivity contribution in [2.24, 2.45) is 5.73 Å². The maximum atomic E-state index is 15.1. The molecule has 2 aromatic carbocycles. The van der Waals surface area contributed by atoms with Crippen LogP contribution in [-0.4, -0.2) is 40.1 Å². The SMILES string of the molecule is CCCOc1ccc(F)c2c(=O)c(-c3ccc(OC)cc3)cn(CCCC(=O)[C@@H](N)Cc3cnc[nH]3)c12. The zero-order chi connectivity index (χ0) is 26.4. The van der Waals surface area contributed by atoms with Gasteiger partial charge < -0.3 is 24.8 Å². The highest BCUT2D eigenvalue weighted by Crippen LogP contribution is 2.30. The Labute approximate surface area is 214 Å². The second kappa shape index (κ2) is 11.8. The number of methoxy groups -OCH3 is 1. The Balaban J connectivity index is 1.68. The van der Waals surface area contributed by atoms with Gasteiger partial charge in [-0.1, -0.05) is 19.1 Å². The Bertz CT molecular complexity index is 1420. The van der Waals surface area contributed by atoms with Gasteiger partial charge in [-0.05, 0) is 42.7 Å². The summed E-state index contributed by atoms with van der Waals surface area (Å²) in [5.41, 5.74) is 7.84. The van der Waals surface area contributed by atoms with Gasteiger partial charge in [0.05, 0.1) is 37.0 Å². The number of ketones is 1. The number of nitrogens with one attached hydrogen (secondary N) is 1. The molecule has 8 nitrogen and oxygen atoms in total. The Morgan fingerprint density at radius 3 is 2.68 bits per heavy atom. The third-order valence-corrected chi connectivity index (χ3v) is 6.23. The lowest BCUT2D eigenvalue weighted by Crippen LogP contribution is -2.32. The Hall–Kier alpha value is -3.98. The van der Waals surface area contributed by atoms with Gasteiger partial charge in [-0.15, -0.1) is 0 Å². The van der Waals surface area contributed by atoms with Crippen molar-refractivity contribution < 1.29 is 18.7 Å². The highest BCUT2D eigenvalue weighted by atomic mass is 19.1. The number of hydrogen-bond donors (Lipinski definition) is 2. The predicted octanol–water partition coefficient (Wildman–Crippen LogP) is 4.25. The van der Waals surface area contributed by atoms with Gasteiger partial charge in [-0.3, -0.25) is 9.59 Å². The lowest BCUT2D eigenvalue weighted by atomic mass is 10.0. The fraction of sp³-hybridized carbons (Fsp3) is 0.321. The van der Waals surface area contributed by atoms with E-state index in [0.29, 0.717) is 54.1 Å². The summed E-state index contributed by atoms with van der Waals surface area (Å²) in [6.07, 6.45) is 6.73. The van der Waals surface area contributed by atoms with E-state index < -0.39 is 17.3 Å². The second-order valence-electron chi connectivity index (χ2n) is 8.87. The maximum absolute atomic E-state index is 15.1. The Morgan fingerprint density at radius 1 is 1.22 bits per heavy atom. The van der Waals surface area contributed by atoms with Crippen molar-refractivity contribution >= 4 is 16.7 Å². The Morgan fingerprint density at radius 2 is 2.00 bits per heavy atom. The maximum Gasteiger partial charge on any atom is 0.200 e. The molecule has 0 aliphatic carbocycles. The van der Waals surface area contributed by atoms with Gasteiger partial charge in [0.1, 0.15) is 23.1 Å². The number of imidazole rings is 1. The van der Waals surface area contributed by atoms with Crippen LogP contribution in [0.25, 0.3) is 22.0 Å². The van der Waals surface area contributed by atoms with Crippen LogP contribution in [0.2, 0.25) is 0 Å². The van der Waals surface area contributed by atoms with E-state index in [0.717, 1.165) is 12.1 Å². The highest BCUT2D eigenvalue weighted by Gasteiger charge is 2.20. The number of halogens is 1. The molecule has 0 aliphatic heterocycles. The van der Waals surface area contributed by atoms with Crippen LogP contribution in [0, 0.1) is 5.82 Å². The molecule has 2 aromatic heterocycles. The number of carbonyl (C=O) groups is 1. The van der Waals surface area contributed by atoms with E-state index in [1.54, 1.807) is 60.7 Å². The second-order valence-corrected chi connectivity index (χ2v) is 8.87. The molecule has 194 valence electrons. The molecule has 9 heteroatoms. The first-order chi connectivity index (χ1) is 17.9. The molecule has 0 bridgehead atoms. The van der Waals surface area contributed by atoms with Crippen molar-refractivity contribution in [2.45, 2.75) is 45.2 Å². The average Bonchev–Trinajstić information content (AvgIpc) is 3.42. The number of nitrogens with two attached hydrogens (primary N) is 1. The van der Waals surface area contributed by atoms with Gasteiger partial charge in [-0.25, -0.2) is 9.37 Å². The zero-order valence-electron chi connectivity index (χ0n) is 21.0. The largest absolute Gasteiger partial charge is 0.497 e. The minimum atomic E-state index is -0.651. The van der Waals surface area contributed by atoms with Crippen molar-refractivity contribution in [2.75, 3.05) is 13.7 Å². The molecule has 0 unspecified atom stereocenters. The van der Waals surface area contributed by atoms with Crippen molar-refractivity contribution in [3.63, 3.8) is 0 Å². The van der Waals surface area contributed by atoms with Gasteiger partial charge in [0.25, 0.3) is 0 Å². The van der Waals surface area contributed by atoms with Crippen LogP contribution in [0.4, 0.5) is 4.39 Å². The number of fused-ring (bicyclic) bond motifs is 1. The van der Waals surface area contributed by atoms with Gasteiger partial charge in [0.15, 0.2) is 5.43 Å². The van der Waals surface area contributed by atoms with Crippen LogP contribution >= 0.6 is 0 Å². The van der Waals surface area contributed by atoms with Crippen LogP contribution in [0.15, 0.2) is 59.9 Å². The van der Waals surface area contributed by atoms with Gasteiger partial charge in [0.2, 0.25) is 0 Å².